The van der Waals surface area contributed by atoms with Crippen LogP contribution in [-0.2, 0) is 6.54 Å². The van der Waals surface area contributed by atoms with Gasteiger partial charge in [0.15, 0.2) is 11.4 Å². The number of carbonyl (C=O) groups is 2. The van der Waals surface area contributed by atoms with Gasteiger partial charge in [-0.3, -0.25) is 4.79 Å². The average Bonchev–Trinajstić information content (AvgIpc) is 2.95. The summed E-state index contributed by atoms with van der Waals surface area (Å²) in [5, 5.41) is 9.59. The van der Waals surface area contributed by atoms with Crippen LogP contribution < -0.4 is 0 Å². The number of imidazole rings is 1. The molecule has 0 atom stereocenters. The Labute approximate surface area is 126 Å². The number of nitrogens with one attached hydrogen (secondary N) is 1. The first-order chi connectivity index (χ1) is 10.0. The largest absolute Gasteiger partial charge is 0.477 e. The summed E-state index contributed by atoms with van der Waals surface area (Å²) >= 11 is 6.08. The minimum Gasteiger partial charge on any atom is -0.477 e. The number of H-pyrrole nitrogens is 1. The summed E-state index contributed by atoms with van der Waals surface area (Å²) < 4.78 is 0. The number of benzene rings is 1. The summed E-state index contributed by atoms with van der Waals surface area (Å²) in [7, 11) is 0. The van der Waals surface area contributed by atoms with Crippen molar-refractivity contribution in [3.63, 3.8) is 0 Å². The van der Waals surface area contributed by atoms with Gasteiger partial charge in [0.2, 0.25) is 0 Å². The highest BCUT2D eigenvalue weighted by Crippen LogP contribution is 2.18. The number of carboxylic acids is 1. The maximum atomic E-state index is 12.4. The first kappa shape index (κ1) is 15.1. The van der Waals surface area contributed by atoms with Gasteiger partial charge in [0.1, 0.15) is 0 Å². The number of hydrogen-bond acceptors (Lipinski definition) is 3. The van der Waals surface area contributed by atoms with Gasteiger partial charge in [0.25, 0.3) is 5.91 Å². The number of carbonyl (C=O) groups excluding carboxylic acids is 1. The Hall–Kier alpha value is -2.34. The average molecular weight is 308 g/mol. The van der Waals surface area contributed by atoms with E-state index in [0.29, 0.717) is 18.1 Å². The van der Waals surface area contributed by atoms with Crippen molar-refractivity contribution in [3.05, 3.63) is 52.6 Å². The lowest BCUT2D eigenvalue weighted by Crippen LogP contribution is -2.31. The highest BCUT2D eigenvalue weighted by Gasteiger charge is 2.24. The summed E-state index contributed by atoms with van der Waals surface area (Å²) in [4.78, 5) is 31.2. The molecule has 0 fully saturated rings. The summed E-state index contributed by atoms with van der Waals surface area (Å²) in [6.45, 7) is 2.51. The lowest BCUT2D eigenvalue weighted by molar-refractivity contribution is 0.0667. The second-order valence-corrected chi connectivity index (χ2v) is 4.75. The molecule has 0 saturated heterocycles. The van der Waals surface area contributed by atoms with Crippen LogP contribution in [0.25, 0.3) is 0 Å². The van der Waals surface area contributed by atoms with Crippen LogP contribution in [0.2, 0.25) is 5.02 Å². The van der Waals surface area contributed by atoms with E-state index in [-0.39, 0.29) is 11.4 Å². The number of amides is 1. The minimum atomic E-state index is -1.22. The predicted octanol–water partition coefficient (Wildman–Crippen LogP) is 2.42. The van der Waals surface area contributed by atoms with Crippen LogP contribution in [0.15, 0.2) is 30.6 Å². The second kappa shape index (κ2) is 6.41. The summed E-state index contributed by atoms with van der Waals surface area (Å²) in [6, 6.07) is 7.20. The predicted molar refractivity (Wildman–Crippen MR) is 77.4 cm³/mol. The Balaban J connectivity index is 2.25. The van der Waals surface area contributed by atoms with Gasteiger partial charge in [-0.05, 0) is 18.6 Å². The van der Waals surface area contributed by atoms with Crippen LogP contribution in [0.1, 0.15) is 33.5 Å². The second-order valence-electron chi connectivity index (χ2n) is 4.34. The van der Waals surface area contributed by atoms with E-state index in [0.717, 1.165) is 5.56 Å². The Bertz CT molecular complexity index is 669. The van der Waals surface area contributed by atoms with E-state index in [1.54, 1.807) is 12.1 Å². The summed E-state index contributed by atoms with van der Waals surface area (Å²) in [6.07, 6.45) is 1.19. The highest BCUT2D eigenvalue weighted by atomic mass is 35.5. The molecule has 1 amide bonds. The number of carboxylic acid groups (broad SMARTS) is 1. The zero-order valence-electron chi connectivity index (χ0n) is 11.3. The van der Waals surface area contributed by atoms with Crippen molar-refractivity contribution in [2.45, 2.75) is 13.5 Å². The van der Waals surface area contributed by atoms with E-state index in [1.807, 2.05) is 19.1 Å². The van der Waals surface area contributed by atoms with Crippen molar-refractivity contribution < 1.29 is 14.7 Å². The minimum absolute atomic E-state index is 0.101. The number of aromatic nitrogens is 2. The first-order valence-corrected chi connectivity index (χ1v) is 6.71. The zero-order valence-corrected chi connectivity index (χ0v) is 12.1. The molecule has 7 heteroatoms. The lowest BCUT2D eigenvalue weighted by Gasteiger charge is -2.20. The van der Waals surface area contributed by atoms with Crippen LogP contribution in [0.3, 0.4) is 0 Å². The molecule has 0 spiro atoms. The van der Waals surface area contributed by atoms with Crippen molar-refractivity contribution in [1.82, 2.24) is 14.9 Å². The number of aromatic carboxylic acids is 1. The van der Waals surface area contributed by atoms with Gasteiger partial charge < -0.3 is 15.0 Å². The molecule has 0 bridgehead atoms. The Morgan fingerprint density at radius 2 is 2.10 bits per heavy atom. The van der Waals surface area contributed by atoms with Crippen LogP contribution >= 0.6 is 11.6 Å². The Kier molecular flexibility index (Phi) is 4.59. The molecule has 0 radical (unpaired) electrons. The molecule has 21 heavy (non-hydrogen) atoms. The molecular weight excluding hydrogens is 294 g/mol. The van der Waals surface area contributed by atoms with Crippen molar-refractivity contribution in [2.24, 2.45) is 0 Å². The molecule has 0 aliphatic carbocycles. The Morgan fingerprint density at radius 1 is 1.38 bits per heavy atom. The number of aromatic amines is 1. The number of nitrogens with zero attached hydrogens (tertiary/aromatic N) is 2. The van der Waals surface area contributed by atoms with Gasteiger partial charge in [-0.2, -0.15) is 0 Å². The van der Waals surface area contributed by atoms with Crippen molar-refractivity contribution >= 4 is 23.5 Å². The third kappa shape index (κ3) is 3.22. The standard InChI is InChI=1S/C14H14ClN3O3/c1-2-18(7-9-5-3-4-6-10(9)15)13(19)11-12(14(20)21)17-8-16-11/h3-6,8H,2,7H2,1H3,(H,16,17)(H,20,21). The SMILES string of the molecule is CCN(Cc1ccccc1Cl)C(=O)c1nc[nH]c1C(=O)O. The maximum Gasteiger partial charge on any atom is 0.354 e. The van der Waals surface area contributed by atoms with Gasteiger partial charge in [-0.15, -0.1) is 0 Å². The molecule has 2 N–H and O–H groups in total. The molecule has 1 aromatic heterocycles. The quantitative estimate of drug-likeness (QED) is 0.888. The van der Waals surface area contributed by atoms with E-state index in [9.17, 15) is 9.59 Å². The zero-order chi connectivity index (χ0) is 15.4. The van der Waals surface area contributed by atoms with Gasteiger partial charge in [0.05, 0.1) is 6.33 Å². The topological polar surface area (TPSA) is 86.3 Å². The van der Waals surface area contributed by atoms with Crippen LogP contribution in [-0.4, -0.2) is 38.4 Å². The van der Waals surface area contributed by atoms with E-state index in [4.69, 9.17) is 16.7 Å². The van der Waals surface area contributed by atoms with Crippen LogP contribution in [0.5, 0.6) is 0 Å². The van der Waals surface area contributed by atoms with Gasteiger partial charge in [-0.1, -0.05) is 29.8 Å². The van der Waals surface area contributed by atoms with Crippen molar-refractivity contribution in [3.8, 4) is 0 Å². The van der Waals surface area contributed by atoms with Crippen LogP contribution in [0.4, 0.5) is 0 Å². The fourth-order valence-electron chi connectivity index (χ4n) is 1.93. The van der Waals surface area contributed by atoms with E-state index in [1.165, 1.54) is 11.2 Å². The van der Waals surface area contributed by atoms with E-state index in [2.05, 4.69) is 9.97 Å². The fraction of sp³-hybridized carbons (Fsp3) is 0.214. The molecule has 0 aliphatic heterocycles. The number of hydrogen-bond donors (Lipinski definition) is 2. The van der Waals surface area contributed by atoms with Crippen molar-refractivity contribution in [2.75, 3.05) is 6.54 Å². The molecule has 2 aromatic rings. The molecule has 0 aliphatic rings. The van der Waals surface area contributed by atoms with Crippen LogP contribution in [0, 0.1) is 0 Å². The molecular formula is C14H14ClN3O3. The highest BCUT2D eigenvalue weighted by molar-refractivity contribution is 6.31. The van der Waals surface area contributed by atoms with Gasteiger partial charge in [-0.25, -0.2) is 9.78 Å². The van der Waals surface area contributed by atoms with Gasteiger partial charge >= 0.3 is 5.97 Å². The molecule has 1 aromatic carbocycles. The fourth-order valence-corrected chi connectivity index (χ4v) is 2.12. The Morgan fingerprint density at radius 3 is 2.71 bits per heavy atom. The van der Waals surface area contributed by atoms with Gasteiger partial charge in [0, 0.05) is 18.1 Å². The third-order valence-electron chi connectivity index (χ3n) is 3.04. The number of halogens is 1. The lowest BCUT2D eigenvalue weighted by atomic mass is 10.2. The molecule has 0 saturated carbocycles. The molecule has 6 nitrogen and oxygen atoms in total. The molecule has 2 rings (SSSR count). The summed E-state index contributed by atoms with van der Waals surface area (Å²) in [5.74, 6) is -1.67. The van der Waals surface area contributed by atoms with E-state index >= 15 is 0 Å². The monoisotopic (exact) mass is 307 g/mol. The first-order valence-electron chi connectivity index (χ1n) is 6.34. The maximum absolute atomic E-state index is 12.4. The number of rotatable bonds is 5. The normalized spacial score (nSPS) is 10.4. The summed E-state index contributed by atoms with van der Waals surface area (Å²) in [5.41, 5.74) is 0.482. The molecule has 0 unspecified atom stereocenters. The molecule has 1 heterocycles. The smallest absolute Gasteiger partial charge is 0.354 e. The van der Waals surface area contributed by atoms with Crippen molar-refractivity contribution in [1.29, 1.82) is 0 Å². The third-order valence-corrected chi connectivity index (χ3v) is 3.41. The molecule has 110 valence electrons. The van der Waals surface area contributed by atoms with E-state index < -0.39 is 11.9 Å².